The Bertz CT molecular complexity index is 746. The maximum Gasteiger partial charge on any atom is 0.418 e. The van der Waals surface area contributed by atoms with Gasteiger partial charge in [0.2, 0.25) is 0 Å². The zero-order chi connectivity index (χ0) is 17.0. The zero-order valence-electron chi connectivity index (χ0n) is 11.4. The highest BCUT2D eigenvalue weighted by Crippen LogP contribution is 2.34. The van der Waals surface area contributed by atoms with Crippen LogP contribution in [0.2, 0.25) is 0 Å². The fourth-order valence-corrected chi connectivity index (χ4v) is 2.00. The Balaban J connectivity index is 2.10. The normalized spacial score (nSPS) is 11.0. The molecule has 0 radical (unpaired) electrons. The first kappa shape index (κ1) is 16.9. The molecule has 0 aliphatic carbocycles. The van der Waals surface area contributed by atoms with Crippen molar-refractivity contribution in [3.63, 3.8) is 0 Å². The highest BCUT2D eigenvalue weighted by Gasteiger charge is 2.33. The number of nitrogens with one attached hydrogen (secondary N) is 2. The number of halogens is 4. The lowest BCUT2D eigenvalue weighted by Gasteiger charge is -2.15. The second kappa shape index (κ2) is 6.74. The molecule has 23 heavy (non-hydrogen) atoms. The van der Waals surface area contributed by atoms with Gasteiger partial charge in [-0.05, 0) is 42.5 Å². The topological polar surface area (TPSA) is 41.1 Å². The third-order valence-corrected chi connectivity index (χ3v) is 3.00. The van der Waals surface area contributed by atoms with E-state index in [0.717, 1.165) is 18.2 Å². The molecular formula is C15H10F4N2OS. The fraction of sp³-hybridized carbons (Fsp3) is 0.0667. The van der Waals surface area contributed by atoms with Crippen LogP contribution in [0, 0.1) is 5.82 Å². The Morgan fingerprint density at radius 2 is 1.74 bits per heavy atom. The molecule has 2 aromatic carbocycles. The number of hydrogen-bond donors (Lipinski definition) is 2. The van der Waals surface area contributed by atoms with Gasteiger partial charge in [0.15, 0.2) is 5.11 Å². The van der Waals surface area contributed by atoms with E-state index in [1.165, 1.54) is 30.3 Å². The monoisotopic (exact) mass is 342 g/mol. The Morgan fingerprint density at radius 3 is 2.39 bits per heavy atom. The quantitative estimate of drug-likeness (QED) is 0.641. The van der Waals surface area contributed by atoms with Crippen molar-refractivity contribution < 1.29 is 22.4 Å². The summed E-state index contributed by atoms with van der Waals surface area (Å²) in [5.74, 6) is -1.34. The summed E-state index contributed by atoms with van der Waals surface area (Å²) >= 11 is 4.82. The van der Waals surface area contributed by atoms with Gasteiger partial charge in [0.25, 0.3) is 5.91 Å². The number of alkyl halides is 3. The highest BCUT2D eigenvalue weighted by molar-refractivity contribution is 7.80. The lowest BCUT2D eigenvalue weighted by molar-refractivity contribution is -0.136. The van der Waals surface area contributed by atoms with E-state index in [9.17, 15) is 22.4 Å². The van der Waals surface area contributed by atoms with E-state index in [1.807, 2.05) is 0 Å². The average molecular weight is 342 g/mol. The standard InChI is InChI=1S/C15H10F4N2OS/c16-10-5-3-4-9(8-10)13(22)21-14(23)20-12-7-2-1-6-11(12)15(17,18)19/h1-8H,(H2,20,21,22,23). The van der Waals surface area contributed by atoms with Crippen LogP contribution in [0.3, 0.4) is 0 Å². The Labute approximate surface area is 134 Å². The van der Waals surface area contributed by atoms with Crippen molar-refractivity contribution in [2.75, 3.05) is 5.32 Å². The summed E-state index contributed by atoms with van der Waals surface area (Å²) in [7, 11) is 0. The molecule has 1 amide bonds. The van der Waals surface area contributed by atoms with Crippen LogP contribution < -0.4 is 10.6 Å². The minimum Gasteiger partial charge on any atom is -0.332 e. The first-order valence-electron chi connectivity index (χ1n) is 6.31. The van der Waals surface area contributed by atoms with E-state index < -0.39 is 23.5 Å². The van der Waals surface area contributed by atoms with Crippen LogP contribution >= 0.6 is 12.2 Å². The summed E-state index contributed by atoms with van der Waals surface area (Å²) in [5, 5.41) is 4.19. The molecule has 0 atom stereocenters. The SMILES string of the molecule is O=C(NC(=S)Nc1ccccc1C(F)(F)F)c1cccc(F)c1. The van der Waals surface area contributed by atoms with Gasteiger partial charge in [-0.2, -0.15) is 13.2 Å². The van der Waals surface area contributed by atoms with Gasteiger partial charge in [-0.3, -0.25) is 10.1 Å². The van der Waals surface area contributed by atoms with Crippen LogP contribution in [0.4, 0.5) is 23.2 Å². The molecule has 0 bridgehead atoms. The van der Waals surface area contributed by atoms with Crippen molar-refractivity contribution in [3.05, 3.63) is 65.5 Å². The number of amides is 1. The lowest BCUT2D eigenvalue weighted by atomic mass is 10.1. The fourth-order valence-electron chi connectivity index (χ4n) is 1.80. The van der Waals surface area contributed by atoms with E-state index in [2.05, 4.69) is 10.6 Å². The van der Waals surface area contributed by atoms with Crippen LogP contribution in [-0.2, 0) is 6.18 Å². The van der Waals surface area contributed by atoms with E-state index >= 15 is 0 Å². The number of para-hydroxylation sites is 1. The molecule has 120 valence electrons. The second-order valence-corrected chi connectivity index (χ2v) is 4.87. The molecule has 0 fully saturated rings. The number of hydrogen-bond acceptors (Lipinski definition) is 2. The first-order valence-corrected chi connectivity index (χ1v) is 6.72. The van der Waals surface area contributed by atoms with Crippen LogP contribution in [-0.4, -0.2) is 11.0 Å². The molecule has 2 N–H and O–H groups in total. The van der Waals surface area contributed by atoms with Gasteiger partial charge in [0, 0.05) is 5.56 Å². The predicted molar refractivity (Wildman–Crippen MR) is 81.5 cm³/mol. The second-order valence-electron chi connectivity index (χ2n) is 4.46. The summed E-state index contributed by atoms with van der Waals surface area (Å²) in [4.78, 5) is 11.9. The van der Waals surface area contributed by atoms with Gasteiger partial charge in [-0.15, -0.1) is 0 Å². The molecule has 0 aromatic heterocycles. The van der Waals surface area contributed by atoms with Gasteiger partial charge in [0.1, 0.15) is 5.82 Å². The molecule has 0 saturated carbocycles. The molecular weight excluding hydrogens is 332 g/mol. The molecule has 0 heterocycles. The summed E-state index contributed by atoms with van der Waals surface area (Å²) in [6, 6.07) is 9.54. The largest absolute Gasteiger partial charge is 0.418 e. The smallest absolute Gasteiger partial charge is 0.332 e. The van der Waals surface area contributed by atoms with Crippen molar-refractivity contribution in [2.45, 2.75) is 6.18 Å². The van der Waals surface area contributed by atoms with Crippen molar-refractivity contribution in [1.29, 1.82) is 0 Å². The maximum absolute atomic E-state index is 13.0. The molecule has 0 aliphatic rings. The molecule has 0 saturated heterocycles. The van der Waals surface area contributed by atoms with E-state index in [-0.39, 0.29) is 16.4 Å². The van der Waals surface area contributed by atoms with Crippen molar-refractivity contribution in [1.82, 2.24) is 5.32 Å². The molecule has 0 aliphatic heterocycles. The molecule has 0 unspecified atom stereocenters. The first-order chi connectivity index (χ1) is 10.8. The minimum absolute atomic E-state index is 0.00161. The number of carbonyl (C=O) groups excluding carboxylic acids is 1. The van der Waals surface area contributed by atoms with Crippen LogP contribution in [0.5, 0.6) is 0 Å². The van der Waals surface area contributed by atoms with Gasteiger partial charge in [-0.25, -0.2) is 4.39 Å². The third-order valence-electron chi connectivity index (χ3n) is 2.79. The Hall–Kier alpha value is -2.48. The summed E-state index contributed by atoms with van der Waals surface area (Å²) in [6.45, 7) is 0. The highest BCUT2D eigenvalue weighted by atomic mass is 32.1. The van der Waals surface area contributed by atoms with Crippen molar-refractivity contribution in [2.24, 2.45) is 0 Å². The predicted octanol–water partition coefficient (Wildman–Crippen LogP) is 3.97. The third kappa shape index (κ3) is 4.49. The average Bonchev–Trinajstić information content (AvgIpc) is 2.46. The van der Waals surface area contributed by atoms with Crippen LogP contribution in [0.1, 0.15) is 15.9 Å². The van der Waals surface area contributed by atoms with Crippen molar-refractivity contribution in [3.8, 4) is 0 Å². The lowest BCUT2D eigenvalue weighted by Crippen LogP contribution is -2.34. The number of carbonyl (C=O) groups is 1. The molecule has 3 nitrogen and oxygen atoms in total. The van der Waals surface area contributed by atoms with E-state index in [4.69, 9.17) is 12.2 Å². The van der Waals surface area contributed by atoms with Crippen LogP contribution in [0.15, 0.2) is 48.5 Å². The van der Waals surface area contributed by atoms with Gasteiger partial charge < -0.3 is 5.32 Å². The summed E-state index contributed by atoms with van der Waals surface area (Å²) < 4.78 is 51.6. The molecule has 2 rings (SSSR count). The van der Waals surface area contributed by atoms with Gasteiger partial charge >= 0.3 is 6.18 Å². The van der Waals surface area contributed by atoms with Crippen LogP contribution in [0.25, 0.3) is 0 Å². The van der Waals surface area contributed by atoms with Gasteiger partial charge in [0.05, 0.1) is 11.3 Å². The maximum atomic E-state index is 13.0. The van der Waals surface area contributed by atoms with E-state index in [0.29, 0.717) is 0 Å². The summed E-state index contributed by atoms with van der Waals surface area (Å²) in [6.07, 6.45) is -4.56. The Morgan fingerprint density at radius 1 is 1.04 bits per heavy atom. The summed E-state index contributed by atoms with van der Waals surface area (Å²) in [5.41, 5.74) is -1.20. The minimum atomic E-state index is -4.56. The number of thiocarbonyl (C=S) groups is 1. The molecule has 8 heteroatoms. The number of anilines is 1. The molecule has 0 spiro atoms. The number of benzene rings is 2. The van der Waals surface area contributed by atoms with Crippen molar-refractivity contribution >= 4 is 28.9 Å². The Kier molecular flexibility index (Phi) is 4.95. The number of rotatable bonds is 2. The zero-order valence-corrected chi connectivity index (χ0v) is 12.3. The van der Waals surface area contributed by atoms with Gasteiger partial charge in [-0.1, -0.05) is 18.2 Å². The molecule has 2 aromatic rings. The van der Waals surface area contributed by atoms with E-state index in [1.54, 1.807) is 0 Å².